The number of aryl methyl sites for hydroxylation is 1. The second-order valence-corrected chi connectivity index (χ2v) is 7.13. The molecule has 1 aromatic heterocycles. The van der Waals surface area contributed by atoms with Crippen LogP contribution < -0.4 is 10.1 Å². The second kappa shape index (κ2) is 8.66. The molecule has 5 nitrogen and oxygen atoms in total. The lowest BCUT2D eigenvalue weighted by molar-refractivity contribution is 0.0951. The Labute approximate surface area is 175 Å². The van der Waals surface area contributed by atoms with Gasteiger partial charge in [-0.05, 0) is 42.8 Å². The van der Waals surface area contributed by atoms with Crippen LogP contribution in [0.15, 0.2) is 79.0 Å². The van der Waals surface area contributed by atoms with E-state index in [1.807, 2.05) is 85.9 Å². The molecule has 4 rings (SSSR count). The maximum Gasteiger partial charge on any atom is 0.251 e. The summed E-state index contributed by atoms with van der Waals surface area (Å²) in [4.78, 5) is 20.3. The zero-order valence-corrected chi connectivity index (χ0v) is 17.0. The molecule has 0 aliphatic heterocycles. The van der Waals surface area contributed by atoms with Crippen LogP contribution in [0.1, 0.15) is 21.5 Å². The van der Waals surface area contributed by atoms with Gasteiger partial charge in [-0.1, -0.05) is 48.0 Å². The van der Waals surface area contributed by atoms with E-state index >= 15 is 0 Å². The van der Waals surface area contributed by atoms with Crippen molar-refractivity contribution < 1.29 is 9.53 Å². The summed E-state index contributed by atoms with van der Waals surface area (Å²) < 4.78 is 5.30. The number of benzene rings is 3. The van der Waals surface area contributed by atoms with Gasteiger partial charge in [0.15, 0.2) is 0 Å². The lowest BCUT2D eigenvalue weighted by Crippen LogP contribution is -2.22. The fraction of sp³-hybridized carbons (Fsp3) is 0.120. The maximum absolute atomic E-state index is 12.4. The van der Waals surface area contributed by atoms with Gasteiger partial charge in [0.25, 0.3) is 5.91 Å². The highest BCUT2D eigenvalue weighted by Crippen LogP contribution is 2.25. The predicted octanol–water partition coefficient (Wildman–Crippen LogP) is 4.99. The first-order chi connectivity index (χ1) is 14.6. The Hall–Kier alpha value is -3.86. The van der Waals surface area contributed by atoms with Gasteiger partial charge in [0.1, 0.15) is 11.6 Å². The zero-order valence-electron chi connectivity index (χ0n) is 17.0. The lowest BCUT2D eigenvalue weighted by Gasteiger charge is -2.07. The van der Waals surface area contributed by atoms with E-state index in [-0.39, 0.29) is 5.91 Å². The third-order valence-corrected chi connectivity index (χ3v) is 4.89. The second-order valence-electron chi connectivity index (χ2n) is 7.13. The van der Waals surface area contributed by atoms with E-state index in [2.05, 4.69) is 15.3 Å². The number of H-pyrrole nitrogens is 1. The Bertz CT molecular complexity index is 1180. The van der Waals surface area contributed by atoms with E-state index in [0.29, 0.717) is 12.1 Å². The van der Waals surface area contributed by atoms with Crippen molar-refractivity contribution in [2.45, 2.75) is 13.5 Å². The van der Waals surface area contributed by atoms with Gasteiger partial charge in [0, 0.05) is 23.2 Å². The quantitative estimate of drug-likeness (QED) is 0.482. The van der Waals surface area contributed by atoms with Crippen LogP contribution in [-0.4, -0.2) is 23.0 Å². The average Bonchev–Trinajstić information content (AvgIpc) is 3.28. The maximum atomic E-state index is 12.4. The van der Waals surface area contributed by atoms with E-state index < -0.39 is 0 Å². The normalized spacial score (nSPS) is 10.6. The minimum Gasteiger partial charge on any atom is -0.497 e. The highest BCUT2D eigenvalue weighted by molar-refractivity contribution is 5.94. The molecule has 0 spiro atoms. The average molecular weight is 397 g/mol. The smallest absolute Gasteiger partial charge is 0.251 e. The van der Waals surface area contributed by atoms with Crippen molar-refractivity contribution in [2.75, 3.05) is 7.11 Å². The molecule has 0 radical (unpaired) electrons. The van der Waals surface area contributed by atoms with Gasteiger partial charge in [0.2, 0.25) is 0 Å². The molecule has 1 heterocycles. The SMILES string of the molecule is COc1cccc(-c2cnc(-c3cccc(CNC(=O)c4cccc(C)c4)c3)[nH]2)c1. The molecule has 0 atom stereocenters. The van der Waals surface area contributed by atoms with Crippen molar-refractivity contribution in [3.63, 3.8) is 0 Å². The summed E-state index contributed by atoms with van der Waals surface area (Å²) in [5.41, 5.74) is 5.63. The first kappa shape index (κ1) is 19.5. The van der Waals surface area contributed by atoms with Crippen molar-refractivity contribution >= 4 is 5.91 Å². The summed E-state index contributed by atoms with van der Waals surface area (Å²) in [6.45, 7) is 2.42. The Balaban J connectivity index is 1.48. The third kappa shape index (κ3) is 4.41. The molecule has 0 bridgehead atoms. The van der Waals surface area contributed by atoms with E-state index in [9.17, 15) is 4.79 Å². The molecule has 0 aliphatic carbocycles. The van der Waals surface area contributed by atoms with E-state index in [4.69, 9.17) is 4.74 Å². The van der Waals surface area contributed by atoms with Gasteiger partial charge in [-0.15, -0.1) is 0 Å². The predicted molar refractivity (Wildman–Crippen MR) is 118 cm³/mol. The summed E-state index contributed by atoms with van der Waals surface area (Å²) in [5.74, 6) is 1.50. The summed E-state index contributed by atoms with van der Waals surface area (Å²) in [5, 5.41) is 2.98. The Morgan fingerprint density at radius 3 is 2.63 bits per heavy atom. The summed E-state index contributed by atoms with van der Waals surface area (Å²) in [6, 6.07) is 23.4. The Kier molecular flexibility index (Phi) is 5.61. The molecule has 3 aromatic carbocycles. The molecule has 0 fully saturated rings. The topological polar surface area (TPSA) is 67.0 Å². The third-order valence-electron chi connectivity index (χ3n) is 4.89. The van der Waals surface area contributed by atoms with Crippen molar-refractivity contribution in [1.82, 2.24) is 15.3 Å². The van der Waals surface area contributed by atoms with Crippen LogP contribution in [0.2, 0.25) is 0 Å². The summed E-state index contributed by atoms with van der Waals surface area (Å²) >= 11 is 0. The molecule has 5 heteroatoms. The van der Waals surface area contributed by atoms with Crippen LogP contribution in [0.5, 0.6) is 5.75 Å². The van der Waals surface area contributed by atoms with Crippen molar-refractivity contribution in [3.8, 4) is 28.4 Å². The molecule has 2 N–H and O–H groups in total. The number of nitrogens with zero attached hydrogens (tertiary/aromatic N) is 1. The summed E-state index contributed by atoms with van der Waals surface area (Å²) in [6.07, 6.45) is 1.82. The number of nitrogens with one attached hydrogen (secondary N) is 2. The van der Waals surface area contributed by atoms with Crippen LogP contribution >= 0.6 is 0 Å². The molecule has 4 aromatic rings. The van der Waals surface area contributed by atoms with Crippen LogP contribution in [0.3, 0.4) is 0 Å². The molecule has 30 heavy (non-hydrogen) atoms. The lowest BCUT2D eigenvalue weighted by atomic mass is 10.1. The number of aromatic amines is 1. The number of carbonyl (C=O) groups is 1. The standard InChI is InChI=1S/C25H23N3O2/c1-17-6-3-10-21(12-17)25(29)27-15-18-7-4-9-20(13-18)24-26-16-23(28-24)19-8-5-11-22(14-19)30-2/h3-14,16H,15H2,1-2H3,(H,26,28)(H,27,29). The fourth-order valence-electron chi connectivity index (χ4n) is 3.30. The number of amides is 1. The van der Waals surface area contributed by atoms with Crippen LogP contribution in [0, 0.1) is 6.92 Å². The number of rotatable bonds is 6. The number of hydrogen-bond donors (Lipinski definition) is 2. The van der Waals surface area contributed by atoms with Crippen molar-refractivity contribution in [1.29, 1.82) is 0 Å². The Morgan fingerprint density at radius 1 is 1.00 bits per heavy atom. The molecule has 0 saturated heterocycles. The first-order valence-corrected chi connectivity index (χ1v) is 9.76. The minimum atomic E-state index is -0.0811. The number of aromatic nitrogens is 2. The molecule has 0 unspecified atom stereocenters. The van der Waals surface area contributed by atoms with Gasteiger partial charge >= 0.3 is 0 Å². The number of imidazole rings is 1. The number of carbonyl (C=O) groups excluding carboxylic acids is 1. The minimum absolute atomic E-state index is 0.0811. The van der Waals surface area contributed by atoms with Crippen molar-refractivity contribution in [2.24, 2.45) is 0 Å². The van der Waals surface area contributed by atoms with Gasteiger partial charge in [0.05, 0.1) is 19.0 Å². The largest absolute Gasteiger partial charge is 0.497 e. The van der Waals surface area contributed by atoms with Gasteiger partial charge < -0.3 is 15.0 Å². The number of methoxy groups -OCH3 is 1. The first-order valence-electron chi connectivity index (χ1n) is 9.76. The molecule has 1 amide bonds. The Morgan fingerprint density at radius 2 is 1.80 bits per heavy atom. The van der Waals surface area contributed by atoms with Crippen LogP contribution in [0.4, 0.5) is 0 Å². The zero-order chi connectivity index (χ0) is 20.9. The van der Waals surface area contributed by atoms with E-state index in [1.54, 1.807) is 7.11 Å². The van der Waals surface area contributed by atoms with Crippen LogP contribution in [0.25, 0.3) is 22.6 Å². The highest BCUT2D eigenvalue weighted by Gasteiger charge is 2.09. The highest BCUT2D eigenvalue weighted by atomic mass is 16.5. The van der Waals surface area contributed by atoms with E-state index in [1.165, 1.54) is 0 Å². The molecule has 0 saturated carbocycles. The van der Waals surface area contributed by atoms with Crippen LogP contribution in [-0.2, 0) is 6.54 Å². The molecular formula is C25H23N3O2. The monoisotopic (exact) mass is 397 g/mol. The molecular weight excluding hydrogens is 374 g/mol. The van der Waals surface area contributed by atoms with Gasteiger partial charge in [-0.2, -0.15) is 0 Å². The van der Waals surface area contributed by atoms with E-state index in [0.717, 1.165) is 39.5 Å². The fourth-order valence-corrected chi connectivity index (χ4v) is 3.30. The number of ether oxygens (including phenoxy) is 1. The van der Waals surface area contributed by atoms with Crippen molar-refractivity contribution in [3.05, 3.63) is 95.7 Å². The molecule has 150 valence electrons. The molecule has 0 aliphatic rings. The van der Waals surface area contributed by atoms with Gasteiger partial charge in [-0.3, -0.25) is 4.79 Å². The number of hydrogen-bond acceptors (Lipinski definition) is 3. The summed E-state index contributed by atoms with van der Waals surface area (Å²) in [7, 11) is 1.65. The van der Waals surface area contributed by atoms with Gasteiger partial charge in [-0.25, -0.2) is 4.98 Å².